The first-order valence-corrected chi connectivity index (χ1v) is 7.54. The number of nitrogens with zero attached hydrogens (tertiary/aromatic N) is 1. The number of anilines is 2. The van der Waals surface area contributed by atoms with Crippen LogP contribution in [-0.4, -0.2) is 10.9 Å². The molecule has 0 bridgehead atoms. The predicted octanol–water partition coefficient (Wildman–Crippen LogP) is 4.66. The van der Waals surface area contributed by atoms with Crippen LogP contribution in [0.15, 0.2) is 66.1 Å². The lowest BCUT2D eigenvalue weighted by atomic mass is 9.99. The van der Waals surface area contributed by atoms with Crippen LogP contribution >= 0.6 is 0 Å². The fourth-order valence-electron chi connectivity index (χ4n) is 2.82. The highest BCUT2D eigenvalue weighted by Crippen LogP contribution is 2.34. The van der Waals surface area contributed by atoms with E-state index in [1.807, 2.05) is 66.4 Å². The number of para-hydroxylation sites is 1. The van der Waals surface area contributed by atoms with Gasteiger partial charge >= 0.3 is 0 Å². The molecular formula is C19H19NO2. The molecule has 2 aromatic carbocycles. The first-order chi connectivity index (χ1) is 10.7. The van der Waals surface area contributed by atoms with Crippen LogP contribution in [0, 0.1) is 6.92 Å². The third-order valence-electron chi connectivity index (χ3n) is 3.85. The maximum atomic E-state index is 12.4. The smallest absolute Gasteiger partial charge is 0.183 e. The molecule has 0 atom stereocenters. The van der Waals surface area contributed by atoms with Crippen molar-refractivity contribution in [2.45, 2.75) is 26.2 Å². The lowest BCUT2D eigenvalue weighted by molar-refractivity contribution is -0.116. The molecule has 0 amide bonds. The Morgan fingerprint density at radius 1 is 0.955 bits per heavy atom. The van der Waals surface area contributed by atoms with Crippen molar-refractivity contribution in [3.8, 4) is 0 Å². The minimum atomic E-state index is -0.00545. The van der Waals surface area contributed by atoms with Crippen LogP contribution in [0.3, 0.4) is 0 Å². The monoisotopic (exact) mass is 293 g/mol. The van der Waals surface area contributed by atoms with Crippen LogP contribution in [0.5, 0.6) is 0 Å². The second kappa shape index (κ2) is 6.06. The molecule has 0 saturated carbocycles. The second-order valence-corrected chi connectivity index (χ2v) is 5.58. The van der Waals surface area contributed by atoms with E-state index in [9.17, 15) is 9.90 Å². The van der Waals surface area contributed by atoms with E-state index in [-0.39, 0.29) is 11.5 Å². The van der Waals surface area contributed by atoms with E-state index in [1.165, 1.54) is 0 Å². The number of carbonyl (C=O) groups excluding carboxylic acids is 1. The summed E-state index contributed by atoms with van der Waals surface area (Å²) < 4.78 is 0. The van der Waals surface area contributed by atoms with Gasteiger partial charge in [0.15, 0.2) is 5.78 Å². The van der Waals surface area contributed by atoms with E-state index in [0.29, 0.717) is 25.0 Å². The molecule has 3 heteroatoms. The van der Waals surface area contributed by atoms with E-state index in [1.54, 1.807) is 0 Å². The van der Waals surface area contributed by atoms with E-state index in [0.717, 1.165) is 16.9 Å². The number of hydrogen-bond donors (Lipinski definition) is 1. The van der Waals surface area contributed by atoms with E-state index < -0.39 is 0 Å². The highest BCUT2D eigenvalue weighted by molar-refractivity contribution is 6.02. The molecule has 1 aliphatic rings. The molecule has 0 aromatic heterocycles. The molecule has 0 heterocycles. The standard InChI is InChI=1S/C19H19NO2/c1-14-7-5-10-16(13-14)20(15-8-3-2-4-9-15)19-17(21)11-6-12-18(19)22/h2-5,7-10,13,21H,6,11-12H2,1H3. The van der Waals surface area contributed by atoms with Crippen LogP contribution in [0.2, 0.25) is 0 Å². The van der Waals surface area contributed by atoms with Crippen molar-refractivity contribution < 1.29 is 9.90 Å². The SMILES string of the molecule is Cc1cccc(N(C2=C(O)CCCC2=O)c2ccccc2)c1. The van der Waals surface area contributed by atoms with Crippen molar-refractivity contribution >= 4 is 17.2 Å². The average molecular weight is 293 g/mol. The number of hydrogen-bond acceptors (Lipinski definition) is 3. The molecule has 0 aliphatic heterocycles. The summed E-state index contributed by atoms with van der Waals surface area (Å²) >= 11 is 0. The molecule has 1 N–H and O–H groups in total. The van der Waals surface area contributed by atoms with Gasteiger partial charge in [-0.1, -0.05) is 30.3 Å². The van der Waals surface area contributed by atoms with Gasteiger partial charge in [-0.05, 0) is 43.2 Å². The maximum Gasteiger partial charge on any atom is 0.183 e. The zero-order valence-corrected chi connectivity index (χ0v) is 12.6. The summed E-state index contributed by atoms with van der Waals surface area (Å²) in [5.74, 6) is 0.177. The Morgan fingerprint density at radius 3 is 2.36 bits per heavy atom. The van der Waals surface area contributed by atoms with Crippen molar-refractivity contribution in [1.29, 1.82) is 0 Å². The summed E-state index contributed by atoms with van der Waals surface area (Å²) in [6, 6.07) is 17.7. The molecule has 0 spiro atoms. The number of rotatable bonds is 3. The minimum absolute atomic E-state index is 0.00545. The Bertz CT molecular complexity index is 719. The summed E-state index contributed by atoms with van der Waals surface area (Å²) in [6.45, 7) is 2.02. The molecule has 0 saturated heterocycles. The van der Waals surface area contributed by atoms with Gasteiger partial charge in [0.05, 0.1) is 0 Å². The molecule has 112 valence electrons. The first-order valence-electron chi connectivity index (χ1n) is 7.54. The van der Waals surface area contributed by atoms with Crippen molar-refractivity contribution in [2.24, 2.45) is 0 Å². The fourth-order valence-corrected chi connectivity index (χ4v) is 2.82. The Balaban J connectivity index is 2.18. The van der Waals surface area contributed by atoms with Crippen LogP contribution in [0.4, 0.5) is 11.4 Å². The lowest BCUT2D eigenvalue weighted by Gasteiger charge is -2.30. The van der Waals surface area contributed by atoms with Gasteiger partial charge in [0.2, 0.25) is 0 Å². The summed E-state index contributed by atoms with van der Waals surface area (Å²) in [6.07, 6.45) is 1.75. The molecule has 0 radical (unpaired) electrons. The molecule has 3 rings (SSSR count). The topological polar surface area (TPSA) is 40.5 Å². The number of aryl methyl sites for hydroxylation is 1. The van der Waals surface area contributed by atoms with Gasteiger partial charge in [-0.25, -0.2) is 0 Å². The Hall–Kier alpha value is -2.55. The largest absolute Gasteiger partial charge is 0.510 e. The van der Waals surface area contributed by atoms with Crippen LogP contribution in [0.25, 0.3) is 0 Å². The number of benzene rings is 2. The van der Waals surface area contributed by atoms with Crippen LogP contribution in [-0.2, 0) is 4.79 Å². The third kappa shape index (κ3) is 2.75. The van der Waals surface area contributed by atoms with Gasteiger partial charge in [0.1, 0.15) is 11.5 Å². The number of ketones is 1. The van der Waals surface area contributed by atoms with Gasteiger partial charge in [0.25, 0.3) is 0 Å². The zero-order valence-electron chi connectivity index (χ0n) is 12.6. The third-order valence-corrected chi connectivity index (χ3v) is 3.85. The second-order valence-electron chi connectivity index (χ2n) is 5.58. The molecule has 0 unspecified atom stereocenters. The van der Waals surface area contributed by atoms with Gasteiger partial charge in [-0.15, -0.1) is 0 Å². The molecule has 22 heavy (non-hydrogen) atoms. The van der Waals surface area contributed by atoms with E-state index in [4.69, 9.17) is 0 Å². The normalized spacial score (nSPS) is 15.0. The van der Waals surface area contributed by atoms with Gasteiger partial charge in [-0.3, -0.25) is 4.79 Å². The van der Waals surface area contributed by atoms with Crippen molar-refractivity contribution in [3.63, 3.8) is 0 Å². The zero-order chi connectivity index (χ0) is 15.5. The van der Waals surface area contributed by atoms with Gasteiger partial charge < -0.3 is 10.0 Å². The fraction of sp³-hybridized carbons (Fsp3) is 0.211. The number of Topliss-reactive ketones (excluding diaryl/α,β-unsaturated/α-hetero) is 1. The van der Waals surface area contributed by atoms with Gasteiger partial charge in [-0.2, -0.15) is 0 Å². The number of carbonyl (C=O) groups is 1. The predicted molar refractivity (Wildman–Crippen MR) is 88.3 cm³/mol. The minimum Gasteiger partial charge on any atom is -0.510 e. The van der Waals surface area contributed by atoms with Crippen molar-refractivity contribution in [1.82, 2.24) is 0 Å². The Kier molecular flexibility index (Phi) is 3.96. The summed E-state index contributed by atoms with van der Waals surface area (Å²) in [5.41, 5.74) is 3.29. The Morgan fingerprint density at radius 2 is 1.68 bits per heavy atom. The highest BCUT2D eigenvalue weighted by atomic mass is 16.3. The van der Waals surface area contributed by atoms with Crippen molar-refractivity contribution in [2.75, 3.05) is 4.90 Å². The molecule has 1 aliphatic carbocycles. The maximum absolute atomic E-state index is 12.4. The molecule has 3 nitrogen and oxygen atoms in total. The number of aliphatic hydroxyl groups is 1. The van der Waals surface area contributed by atoms with E-state index in [2.05, 4.69) is 0 Å². The van der Waals surface area contributed by atoms with Gasteiger partial charge in [0, 0.05) is 24.2 Å². The molecule has 0 fully saturated rings. The quantitative estimate of drug-likeness (QED) is 0.895. The van der Waals surface area contributed by atoms with E-state index >= 15 is 0 Å². The first kappa shape index (κ1) is 14.4. The van der Waals surface area contributed by atoms with Crippen LogP contribution in [0.1, 0.15) is 24.8 Å². The van der Waals surface area contributed by atoms with Crippen molar-refractivity contribution in [3.05, 3.63) is 71.6 Å². The molecular weight excluding hydrogens is 274 g/mol. The lowest BCUT2D eigenvalue weighted by Crippen LogP contribution is -2.27. The summed E-state index contributed by atoms with van der Waals surface area (Å²) in [4.78, 5) is 14.3. The Labute approximate surface area is 130 Å². The highest BCUT2D eigenvalue weighted by Gasteiger charge is 2.27. The molecule has 2 aromatic rings. The summed E-state index contributed by atoms with van der Waals surface area (Å²) in [5, 5.41) is 10.3. The number of allylic oxidation sites excluding steroid dienone is 2. The average Bonchev–Trinajstić information content (AvgIpc) is 2.52. The summed E-state index contributed by atoms with van der Waals surface area (Å²) in [7, 11) is 0. The number of aliphatic hydroxyl groups excluding tert-OH is 1. The van der Waals surface area contributed by atoms with Crippen LogP contribution < -0.4 is 4.90 Å².